The van der Waals surface area contributed by atoms with Gasteiger partial charge in [-0.2, -0.15) is 0 Å². The van der Waals surface area contributed by atoms with E-state index in [9.17, 15) is 4.79 Å². The first-order chi connectivity index (χ1) is 8.08. The molecule has 17 heavy (non-hydrogen) atoms. The zero-order valence-electron chi connectivity index (χ0n) is 9.82. The third kappa shape index (κ3) is 2.80. The third-order valence-electron chi connectivity index (χ3n) is 3.35. The van der Waals surface area contributed by atoms with Crippen LogP contribution >= 0.6 is 15.9 Å². The molecule has 3 nitrogen and oxygen atoms in total. The van der Waals surface area contributed by atoms with Gasteiger partial charge in [-0.25, -0.2) is 0 Å². The average molecular weight is 298 g/mol. The molecule has 4 heteroatoms. The van der Waals surface area contributed by atoms with Crippen molar-refractivity contribution in [2.45, 2.75) is 19.8 Å². The Bertz CT molecular complexity index is 425. The Morgan fingerprint density at radius 3 is 2.59 bits per heavy atom. The molecule has 1 N–H and O–H groups in total. The molecule has 1 heterocycles. The largest absolute Gasteiger partial charge is 0.481 e. The molecule has 0 spiro atoms. The highest BCUT2D eigenvalue weighted by Crippen LogP contribution is 2.27. The maximum absolute atomic E-state index is 10.9. The summed E-state index contributed by atoms with van der Waals surface area (Å²) in [5, 5.41) is 8.95. The fourth-order valence-electron chi connectivity index (χ4n) is 2.21. The molecule has 2 rings (SSSR count). The fraction of sp³-hybridized carbons (Fsp3) is 0.462. The van der Waals surface area contributed by atoms with Gasteiger partial charge in [0.1, 0.15) is 0 Å². The van der Waals surface area contributed by atoms with Crippen LogP contribution in [0, 0.1) is 12.8 Å². The Kier molecular flexibility index (Phi) is 3.72. The summed E-state index contributed by atoms with van der Waals surface area (Å²) in [7, 11) is 0. The SMILES string of the molecule is Cc1cc(N2CCC(C(=O)O)CC2)ccc1Br. The van der Waals surface area contributed by atoms with Gasteiger partial charge in [-0.1, -0.05) is 15.9 Å². The predicted molar refractivity (Wildman–Crippen MR) is 71.5 cm³/mol. The summed E-state index contributed by atoms with van der Waals surface area (Å²) >= 11 is 3.49. The number of hydrogen-bond donors (Lipinski definition) is 1. The summed E-state index contributed by atoms with van der Waals surface area (Å²) in [5.74, 6) is -0.820. The number of benzene rings is 1. The fourth-order valence-corrected chi connectivity index (χ4v) is 2.46. The Balaban J connectivity index is 2.05. The van der Waals surface area contributed by atoms with E-state index < -0.39 is 5.97 Å². The van der Waals surface area contributed by atoms with Gasteiger partial charge < -0.3 is 10.0 Å². The Morgan fingerprint density at radius 2 is 2.06 bits per heavy atom. The second-order valence-electron chi connectivity index (χ2n) is 4.53. The highest BCUT2D eigenvalue weighted by Gasteiger charge is 2.24. The minimum Gasteiger partial charge on any atom is -0.481 e. The lowest BCUT2D eigenvalue weighted by molar-refractivity contribution is -0.142. The number of rotatable bonds is 2. The number of aliphatic carboxylic acids is 1. The molecule has 0 atom stereocenters. The van der Waals surface area contributed by atoms with Gasteiger partial charge in [-0.15, -0.1) is 0 Å². The molecule has 1 aromatic rings. The first-order valence-corrected chi connectivity index (χ1v) is 6.61. The van der Waals surface area contributed by atoms with E-state index in [1.807, 2.05) is 6.07 Å². The van der Waals surface area contributed by atoms with E-state index in [0.717, 1.165) is 30.4 Å². The van der Waals surface area contributed by atoms with Crippen molar-refractivity contribution in [1.29, 1.82) is 0 Å². The van der Waals surface area contributed by atoms with Crippen molar-refractivity contribution in [3.63, 3.8) is 0 Å². The summed E-state index contributed by atoms with van der Waals surface area (Å²) in [6.45, 7) is 3.73. The molecule has 0 unspecified atom stereocenters. The molecule has 0 bridgehead atoms. The molecule has 92 valence electrons. The molecule has 0 aromatic heterocycles. The van der Waals surface area contributed by atoms with Gasteiger partial charge in [-0.05, 0) is 43.5 Å². The molecule has 0 radical (unpaired) electrons. The van der Waals surface area contributed by atoms with Crippen LogP contribution in [0.4, 0.5) is 5.69 Å². The number of piperidine rings is 1. The van der Waals surface area contributed by atoms with E-state index in [1.54, 1.807) is 0 Å². The van der Waals surface area contributed by atoms with Crippen LogP contribution in [0.2, 0.25) is 0 Å². The van der Waals surface area contributed by atoms with Crippen molar-refractivity contribution in [3.8, 4) is 0 Å². The summed E-state index contributed by atoms with van der Waals surface area (Å²) in [4.78, 5) is 13.1. The van der Waals surface area contributed by atoms with Crippen LogP contribution in [0.3, 0.4) is 0 Å². The number of nitrogens with zero attached hydrogens (tertiary/aromatic N) is 1. The van der Waals surface area contributed by atoms with Gasteiger partial charge in [-0.3, -0.25) is 4.79 Å². The first-order valence-electron chi connectivity index (χ1n) is 5.82. The minimum atomic E-state index is -0.656. The van der Waals surface area contributed by atoms with Crippen molar-refractivity contribution < 1.29 is 9.90 Å². The quantitative estimate of drug-likeness (QED) is 0.912. The van der Waals surface area contributed by atoms with Gasteiger partial charge in [0.05, 0.1) is 5.92 Å². The Morgan fingerprint density at radius 1 is 1.41 bits per heavy atom. The van der Waals surface area contributed by atoms with E-state index in [2.05, 4.69) is 39.9 Å². The van der Waals surface area contributed by atoms with Crippen LogP contribution < -0.4 is 4.90 Å². The molecule has 0 amide bonds. The Hall–Kier alpha value is -1.03. The van der Waals surface area contributed by atoms with Crippen molar-refractivity contribution in [1.82, 2.24) is 0 Å². The van der Waals surface area contributed by atoms with Gasteiger partial charge >= 0.3 is 5.97 Å². The summed E-state index contributed by atoms with van der Waals surface area (Å²) in [5.41, 5.74) is 2.40. The normalized spacial score (nSPS) is 17.2. The molecule has 1 fully saturated rings. The molecule has 0 aliphatic carbocycles. The summed E-state index contributed by atoms with van der Waals surface area (Å²) < 4.78 is 1.11. The molecule has 1 aliphatic rings. The molecular formula is C13H16BrNO2. The van der Waals surface area contributed by atoms with E-state index in [4.69, 9.17) is 5.11 Å². The number of anilines is 1. The number of carbonyl (C=O) groups is 1. The lowest BCUT2D eigenvalue weighted by atomic mass is 9.96. The monoisotopic (exact) mass is 297 g/mol. The molecule has 1 saturated heterocycles. The lowest BCUT2D eigenvalue weighted by Crippen LogP contribution is -2.36. The molecule has 0 saturated carbocycles. The summed E-state index contributed by atoms with van der Waals surface area (Å²) in [6.07, 6.45) is 1.48. The van der Waals surface area contributed by atoms with Crippen molar-refractivity contribution in [3.05, 3.63) is 28.2 Å². The van der Waals surface area contributed by atoms with Gasteiger partial charge in [0.2, 0.25) is 0 Å². The third-order valence-corrected chi connectivity index (χ3v) is 4.24. The molecular weight excluding hydrogens is 282 g/mol. The number of carboxylic acid groups (broad SMARTS) is 1. The van der Waals surface area contributed by atoms with Gasteiger partial charge in [0.15, 0.2) is 0 Å². The number of carboxylic acids is 1. The van der Waals surface area contributed by atoms with E-state index in [0.29, 0.717) is 0 Å². The second kappa shape index (κ2) is 5.08. The molecule has 1 aromatic carbocycles. The predicted octanol–water partition coefficient (Wildman–Crippen LogP) is 3.06. The van der Waals surface area contributed by atoms with Crippen LogP contribution in [-0.4, -0.2) is 24.2 Å². The average Bonchev–Trinajstić information content (AvgIpc) is 2.33. The van der Waals surface area contributed by atoms with Crippen molar-refractivity contribution in [2.24, 2.45) is 5.92 Å². The van der Waals surface area contributed by atoms with Crippen LogP contribution in [0.1, 0.15) is 18.4 Å². The maximum Gasteiger partial charge on any atom is 0.306 e. The maximum atomic E-state index is 10.9. The minimum absolute atomic E-state index is 0.164. The smallest absolute Gasteiger partial charge is 0.306 e. The van der Waals surface area contributed by atoms with Crippen molar-refractivity contribution in [2.75, 3.05) is 18.0 Å². The zero-order valence-corrected chi connectivity index (χ0v) is 11.4. The topological polar surface area (TPSA) is 40.5 Å². The van der Waals surface area contributed by atoms with Gasteiger partial charge in [0.25, 0.3) is 0 Å². The Labute approximate surface area is 110 Å². The van der Waals surface area contributed by atoms with Crippen molar-refractivity contribution >= 4 is 27.6 Å². The van der Waals surface area contributed by atoms with Crippen LogP contribution in [0.25, 0.3) is 0 Å². The van der Waals surface area contributed by atoms with E-state index in [-0.39, 0.29) is 5.92 Å². The highest BCUT2D eigenvalue weighted by atomic mass is 79.9. The standard InChI is InChI=1S/C13H16BrNO2/c1-9-8-11(2-3-12(9)14)15-6-4-10(5-7-15)13(16)17/h2-3,8,10H,4-7H2,1H3,(H,16,17). The molecule has 1 aliphatic heterocycles. The zero-order chi connectivity index (χ0) is 12.4. The lowest BCUT2D eigenvalue weighted by Gasteiger charge is -2.32. The number of hydrogen-bond acceptors (Lipinski definition) is 2. The van der Waals surface area contributed by atoms with E-state index >= 15 is 0 Å². The van der Waals surface area contributed by atoms with Gasteiger partial charge in [0, 0.05) is 23.2 Å². The number of aryl methyl sites for hydroxylation is 1. The summed E-state index contributed by atoms with van der Waals surface area (Å²) in [6, 6.07) is 6.28. The van der Waals surface area contributed by atoms with E-state index in [1.165, 1.54) is 11.3 Å². The first kappa shape index (κ1) is 12.4. The second-order valence-corrected chi connectivity index (χ2v) is 5.39. The van der Waals surface area contributed by atoms with Crippen LogP contribution in [0.15, 0.2) is 22.7 Å². The number of halogens is 1. The van der Waals surface area contributed by atoms with Crippen LogP contribution in [-0.2, 0) is 4.79 Å². The highest BCUT2D eigenvalue weighted by molar-refractivity contribution is 9.10. The van der Waals surface area contributed by atoms with Crippen LogP contribution in [0.5, 0.6) is 0 Å².